The standard InChI is InChI=1S/C21H22ClFN4O2/c1-11-6-4-7-14-19(26-29-20(11)14)21(28)24-18-12(2)25-27(13(18)3)10-15-16(22)8-5-9-17(15)23/h5,8-9,11H,4,6-7,10H2,1-3H3,(H,24,28). The summed E-state index contributed by atoms with van der Waals surface area (Å²) in [5, 5.41) is 11.7. The summed E-state index contributed by atoms with van der Waals surface area (Å²) in [5.74, 6) is 0.363. The maximum absolute atomic E-state index is 14.1. The number of aromatic nitrogens is 3. The normalized spacial score (nSPS) is 16.0. The predicted octanol–water partition coefficient (Wildman–Crippen LogP) is 5.02. The van der Waals surface area contributed by atoms with E-state index in [1.165, 1.54) is 6.07 Å². The molecule has 0 aliphatic heterocycles. The van der Waals surface area contributed by atoms with E-state index in [1.54, 1.807) is 23.7 Å². The molecule has 1 aliphatic carbocycles. The first kappa shape index (κ1) is 19.6. The van der Waals surface area contributed by atoms with Crippen molar-refractivity contribution in [3.63, 3.8) is 0 Å². The van der Waals surface area contributed by atoms with Crippen molar-refractivity contribution >= 4 is 23.2 Å². The van der Waals surface area contributed by atoms with Crippen LogP contribution in [0.1, 0.15) is 64.4 Å². The highest BCUT2D eigenvalue weighted by molar-refractivity contribution is 6.31. The quantitative estimate of drug-likeness (QED) is 0.648. The van der Waals surface area contributed by atoms with Crippen molar-refractivity contribution in [3.05, 3.63) is 63.0 Å². The number of nitrogens with zero attached hydrogens (tertiary/aromatic N) is 3. The molecule has 6 nitrogen and oxygen atoms in total. The number of hydrogen-bond donors (Lipinski definition) is 1. The Morgan fingerprint density at radius 3 is 2.97 bits per heavy atom. The van der Waals surface area contributed by atoms with Gasteiger partial charge in [-0.3, -0.25) is 9.48 Å². The van der Waals surface area contributed by atoms with Crippen molar-refractivity contribution in [1.82, 2.24) is 14.9 Å². The van der Waals surface area contributed by atoms with Crippen molar-refractivity contribution in [3.8, 4) is 0 Å². The van der Waals surface area contributed by atoms with Gasteiger partial charge in [-0.25, -0.2) is 4.39 Å². The average Bonchev–Trinajstić information content (AvgIpc) is 3.22. The molecule has 29 heavy (non-hydrogen) atoms. The van der Waals surface area contributed by atoms with Gasteiger partial charge in [-0.1, -0.05) is 29.7 Å². The highest BCUT2D eigenvalue weighted by Gasteiger charge is 2.29. The Labute approximate surface area is 173 Å². The summed E-state index contributed by atoms with van der Waals surface area (Å²) in [4.78, 5) is 12.9. The smallest absolute Gasteiger partial charge is 0.278 e. The number of hydrogen-bond acceptors (Lipinski definition) is 4. The fourth-order valence-corrected chi connectivity index (χ4v) is 4.11. The molecule has 1 aliphatic rings. The number of carbonyl (C=O) groups is 1. The molecule has 1 atom stereocenters. The van der Waals surface area contributed by atoms with Crippen LogP contribution < -0.4 is 5.32 Å². The summed E-state index contributed by atoms with van der Waals surface area (Å²) in [6, 6.07) is 4.57. The third-order valence-electron chi connectivity index (χ3n) is 5.53. The molecule has 1 unspecified atom stereocenters. The lowest BCUT2D eigenvalue weighted by molar-refractivity contribution is 0.101. The molecule has 2 heterocycles. The Bertz CT molecular complexity index is 1070. The van der Waals surface area contributed by atoms with E-state index < -0.39 is 0 Å². The van der Waals surface area contributed by atoms with E-state index in [0.717, 1.165) is 30.6 Å². The van der Waals surface area contributed by atoms with Crippen LogP contribution in [0.5, 0.6) is 0 Å². The van der Waals surface area contributed by atoms with Crippen LogP contribution in [0.4, 0.5) is 10.1 Å². The zero-order chi connectivity index (χ0) is 20.7. The van der Waals surface area contributed by atoms with E-state index in [0.29, 0.717) is 33.4 Å². The number of fused-ring (bicyclic) bond motifs is 1. The molecule has 1 N–H and O–H groups in total. The van der Waals surface area contributed by atoms with Crippen molar-refractivity contribution in [2.24, 2.45) is 0 Å². The van der Waals surface area contributed by atoms with E-state index >= 15 is 0 Å². The van der Waals surface area contributed by atoms with Gasteiger partial charge in [0.2, 0.25) is 0 Å². The Morgan fingerprint density at radius 1 is 1.41 bits per heavy atom. The van der Waals surface area contributed by atoms with Gasteiger partial charge in [-0.15, -0.1) is 0 Å². The summed E-state index contributed by atoms with van der Waals surface area (Å²) in [5.41, 5.74) is 3.51. The lowest BCUT2D eigenvalue weighted by Gasteiger charge is -2.15. The van der Waals surface area contributed by atoms with Gasteiger partial charge in [-0.05, 0) is 45.2 Å². The minimum absolute atomic E-state index is 0.172. The summed E-state index contributed by atoms with van der Waals surface area (Å²) < 4.78 is 21.2. The zero-order valence-corrected chi connectivity index (χ0v) is 17.3. The Morgan fingerprint density at radius 2 is 2.21 bits per heavy atom. The van der Waals surface area contributed by atoms with Crippen LogP contribution in [0.15, 0.2) is 22.7 Å². The zero-order valence-electron chi connectivity index (χ0n) is 16.6. The van der Waals surface area contributed by atoms with Crippen LogP contribution in [0.25, 0.3) is 0 Å². The largest absolute Gasteiger partial charge is 0.360 e. The van der Waals surface area contributed by atoms with Crippen LogP contribution >= 0.6 is 11.6 Å². The lowest BCUT2D eigenvalue weighted by Crippen LogP contribution is -2.17. The number of aryl methyl sites for hydroxylation is 1. The number of anilines is 1. The molecule has 1 amide bonds. The molecule has 1 aromatic carbocycles. The van der Waals surface area contributed by atoms with Gasteiger partial charge < -0.3 is 9.84 Å². The molecular weight excluding hydrogens is 395 g/mol. The van der Waals surface area contributed by atoms with E-state index in [-0.39, 0.29) is 24.2 Å². The second-order valence-corrected chi connectivity index (χ2v) is 7.93. The molecule has 0 fully saturated rings. The molecule has 0 spiro atoms. The summed E-state index contributed by atoms with van der Waals surface area (Å²) in [7, 11) is 0. The Kier molecular flexibility index (Phi) is 5.17. The third kappa shape index (κ3) is 3.55. The molecular formula is C21H22ClFN4O2. The van der Waals surface area contributed by atoms with Crippen molar-refractivity contribution < 1.29 is 13.7 Å². The third-order valence-corrected chi connectivity index (χ3v) is 5.89. The van der Waals surface area contributed by atoms with Gasteiger partial charge in [0.05, 0.1) is 23.6 Å². The van der Waals surface area contributed by atoms with Crippen molar-refractivity contribution in [1.29, 1.82) is 0 Å². The van der Waals surface area contributed by atoms with Crippen LogP contribution in [0, 0.1) is 19.7 Å². The van der Waals surface area contributed by atoms with E-state index in [9.17, 15) is 9.18 Å². The number of amides is 1. The first-order valence-electron chi connectivity index (χ1n) is 9.63. The number of benzene rings is 1. The van der Waals surface area contributed by atoms with Gasteiger partial charge in [0.1, 0.15) is 11.6 Å². The topological polar surface area (TPSA) is 73.0 Å². The second-order valence-electron chi connectivity index (χ2n) is 7.53. The molecule has 0 saturated heterocycles. The Hall–Kier alpha value is -2.67. The van der Waals surface area contributed by atoms with Gasteiger partial charge in [0.25, 0.3) is 5.91 Å². The number of carbonyl (C=O) groups excluding carboxylic acids is 1. The van der Waals surface area contributed by atoms with E-state index in [2.05, 4.69) is 22.5 Å². The lowest BCUT2D eigenvalue weighted by atomic mass is 9.88. The van der Waals surface area contributed by atoms with Crippen LogP contribution in [0.2, 0.25) is 5.02 Å². The first-order valence-corrected chi connectivity index (χ1v) is 10.0. The maximum atomic E-state index is 14.1. The summed E-state index contributed by atoms with van der Waals surface area (Å²) in [6.07, 6.45) is 2.83. The van der Waals surface area contributed by atoms with E-state index in [4.69, 9.17) is 16.1 Å². The molecule has 152 valence electrons. The minimum Gasteiger partial charge on any atom is -0.360 e. The molecule has 0 bridgehead atoms. The van der Waals surface area contributed by atoms with Gasteiger partial charge >= 0.3 is 0 Å². The number of nitrogens with one attached hydrogen (secondary N) is 1. The van der Waals surface area contributed by atoms with Gasteiger partial charge in [0, 0.05) is 22.1 Å². The summed E-state index contributed by atoms with van der Waals surface area (Å²) in [6.45, 7) is 5.87. The van der Waals surface area contributed by atoms with Crippen molar-refractivity contribution in [2.45, 2.75) is 52.5 Å². The highest BCUT2D eigenvalue weighted by atomic mass is 35.5. The molecule has 8 heteroatoms. The average molecular weight is 417 g/mol. The molecule has 2 aromatic heterocycles. The molecule has 3 aromatic rings. The Balaban J connectivity index is 1.60. The van der Waals surface area contributed by atoms with E-state index in [1.807, 2.05) is 6.92 Å². The molecule has 4 rings (SSSR count). The fourth-order valence-electron chi connectivity index (χ4n) is 3.88. The fraction of sp³-hybridized carbons (Fsp3) is 0.381. The summed E-state index contributed by atoms with van der Waals surface area (Å²) >= 11 is 6.14. The van der Waals surface area contributed by atoms with Gasteiger partial charge in [-0.2, -0.15) is 5.10 Å². The SMILES string of the molecule is Cc1nn(Cc2c(F)cccc2Cl)c(C)c1NC(=O)c1noc2c1CCCC2C. The second kappa shape index (κ2) is 7.63. The molecule has 0 radical (unpaired) electrons. The predicted molar refractivity (Wildman–Crippen MR) is 108 cm³/mol. The molecule has 0 saturated carbocycles. The number of rotatable bonds is 4. The minimum atomic E-state index is -0.390. The van der Waals surface area contributed by atoms with Crippen LogP contribution in [-0.4, -0.2) is 20.8 Å². The van der Waals surface area contributed by atoms with Gasteiger partial charge in [0.15, 0.2) is 5.69 Å². The number of halogens is 2. The maximum Gasteiger partial charge on any atom is 0.278 e. The van der Waals surface area contributed by atoms with Crippen LogP contribution in [-0.2, 0) is 13.0 Å². The van der Waals surface area contributed by atoms with Crippen LogP contribution in [0.3, 0.4) is 0 Å². The monoisotopic (exact) mass is 416 g/mol. The van der Waals surface area contributed by atoms with Crippen molar-refractivity contribution in [2.75, 3.05) is 5.32 Å². The highest BCUT2D eigenvalue weighted by Crippen LogP contribution is 2.33. The first-order chi connectivity index (χ1) is 13.9.